The maximum absolute atomic E-state index is 10.5. The molecule has 0 aliphatic heterocycles. The fraction of sp³-hybridized carbons (Fsp3) is 0.471. The Balaban J connectivity index is 3.57. The van der Waals surface area contributed by atoms with Gasteiger partial charge in [0.1, 0.15) is 12.0 Å². The molecule has 0 bridgehead atoms. The Morgan fingerprint density at radius 2 is 1.37 bits per heavy atom. The number of rotatable bonds is 2. The van der Waals surface area contributed by atoms with E-state index < -0.39 is 0 Å². The fourth-order valence-electron chi connectivity index (χ4n) is 2.05. The molecule has 0 atom stereocenters. The van der Waals surface area contributed by atoms with Crippen molar-refractivity contribution >= 4 is 12.4 Å². The first kappa shape index (κ1) is 15.5. The quantitative estimate of drug-likeness (QED) is 0.639. The topological polar surface area (TPSA) is 37.3 Å². The van der Waals surface area contributed by atoms with Crippen molar-refractivity contribution in [3.8, 4) is 5.75 Å². The average molecular weight is 260 g/mol. The van der Waals surface area contributed by atoms with Crippen molar-refractivity contribution in [3.63, 3.8) is 0 Å². The molecule has 1 aromatic rings. The Morgan fingerprint density at radius 3 is 1.68 bits per heavy atom. The zero-order valence-corrected chi connectivity index (χ0v) is 12.7. The first-order chi connectivity index (χ1) is 8.57. The Bertz CT molecular complexity index is 462. The predicted molar refractivity (Wildman–Crippen MR) is 80.6 cm³/mol. The Morgan fingerprint density at radius 1 is 0.947 bits per heavy atom. The lowest BCUT2D eigenvalue weighted by molar-refractivity contribution is -0.104. The van der Waals surface area contributed by atoms with Crippen LogP contribution in [0.4, 0.5) is 0 Å². The number of aromatic hydroxyl groups is 1. The highest BCUT2D eigenvalue weighted by atomic mass is 16.3. The van der Waals surface area contributed by atoms with E-state index in [4.69, 9.17) is 0 Å². The second-order valence-corrected chi connectivity index (χ2v) is 6.96. The summed E-state index contributed by atoms with van der Waals surface area (Å²) in [6.07, 6.45) is 4.02. The molecule has 2 heteroatoms. The minimum absolute atomic E-state index is 0.144. The highest BCUT2D eigenvalue weighted by Crippen LogP contribution is 2.39. The van der Waals surface area contributed by atoms with Crippen LogP contribution in [0.3, 0.4) is 0 Å². The van der Waals surface area contributed by atoms with Gasteiger partial charge in [0.25, 0.3) is 0 Å². The summed E-state index contributed by atoms with van der Waals surface area (Å²) in [4.78, 5) is 10.5. The number of carbonyl (C=O) groups excluding carboxylic acids is 1. The molecule has 104 valence electrons. The van der Waals surface area contributed by atoms with Crippen LogP contribution in [0.15, 0.2) is 18.2 Å². The van der Waals surface area contributed by atoms with E-state index in [1.807, 2.05) is 12.1 Å². The lowest BCUT2D eigenvalue weighted by Crippen LogP contribution is -2.17. The van der Waals surface area contributed by atoms with Gasteiger partial charge in [-0.05, 0) is 34.6 Å². The molecular formula is C17H24O2. The van der Waals surface area contributed by atoms with Gasteiger partial charge in [-0.2, -0.15) is 0 Å². The van der Waals surface area contributed by atoms with Crippen molar-refractivity contribution in [2.75, 3.05) is 0 Å². The van der Waals surface area contributed by atoms with Gasteiger partial charge in [0.15, 0.2) is 0 Å². The van der Waals surface area contributed by atoms with Crippen LogP contribution < -0.4 is 0 Å². The van der Waals surface area contributed by atoms with Crippen LogP contribution in [0.1, 0.15) is 58.2 Å². The van der Waals surface area contributed by atoms with E-state index in [9.17, 15) is 9.90 Å². The van der Waals surface area contributed by atoms with Gasteiger partial charge in [0.05, 0.1) is 0 Å². The summed E-state index contributed by atoms with van der Waals surface area (Å²) in [6, 6.07) is 3.90. The first-order valence-electron chi connectivity index (χ1n) is 6.57. The number of carbonyl (C=O) groups is 1. The van der Waals surface area contributed by atoms with Gasteiger partial charge < -0.3 is 5.11 Å². The van der Waals surface area contributed by atoms with Crippen molar-refractivity contribution in [2.24, 2.45) is 0 Å². The maximum atomic E-state index is 10.5. The molecule has 1 N–H and O–H groups in total. The molecule has 0 radical (unpaired) electrons. The largest absolute Gasteiger partial charge is 0.507 e. The van der Waals surface area contributed by atoms with Crippen LogP contribution in [0.2, 0.25) is 0 Å². The third-order valence-corrected chi connectivity index (χ3v) is 3.12. The van der Waals surface area contributed by atoms with Crippen LogP contribution in [0.25, 0.3) is 6.08 Å². The summed E-state index contributed by atoms with van der Waals surface area (Å²) in [5.74, 6) is 0.364. The van der Waals surface area contributed by atoms with Gasteiger partial charge in [-0.25, -0.2) is 0 Å². The molecule has 0 fully saturated rings. The fourth-order valence-corrected chi connectivity index (χ4v) is 2.05. The summed E-state index contributed by atoms with van der Waals surface area (Å²) in [7, 11) is 0. The minimum Gasteiger partial charge on any atom is -0.507 e. The molecule has 0 unspecified atom stereocenters. The standard InChI is InChI=1S/C17H24O2/c1-16(2,3)13-10-12(8-7-9-18)11-14(15(13)19)17(4,5)6/h7-11,19H,1-6H3. The molecule has 1 aromatic carbocycles. The smallest absolute Gasteiger partial charge is 0.142 e. The van der Waals surface area contributed by atoms with Crippen molar-refractivity contribution in [1.29, 1.82) is 0 Å². The van der Waals surface area contributed by atoms with Crippen molar-refractivity contribution < 1.29 is 9.90 Å². The van der Waals surface area contributed by atoms with Gasteiger partial charge in [-0.3, -0.25) is 4.79 Å². The summed E-state index contributed by atoms with van der Waals surface area (Å²) in [5, 5.41) is 10.5. The number of hydrogen-bond acceptors (Lipinski definition) is 2. The summed E-state index contributed by atoms with van der Waals surface area (Å²) in [6.45, 7) is 12.4. The predicted octanol–water partition coefficient (Wildman–Crippen LogP) is 4.20. The van der Waals surface area contributed by atoms with Crippen molar-refractivity contribution in [2.45, 2.75) is 52.4 Å². The average Bonchev–Trinajstić information content (AvgIpc) is 2.24. The van der Waals surface area contributed by atoms with E-state index in [-0.39, 0.29) is 10.8 Å². The van der Waals surface area contributed by atoms with Gasteiger partial charge in [-0.1, -0.05) is 47.6 Å². The zero-order chi connectivity index (χ0) is 14.8. The first-order valence-corrected chi connectivity index (χ1v) is 6.57. The highest BCUT2D eigenvalue weighted by molar-refractivity contribution is 5.74. The molecule has 0 saturated heterocycles. The normalized spacial score (nSPS) is 12.9. The number of phenols is 1. The SMILES string of the molecule is CC(C)(C)c1cc(C=CC=O)cc(C(C)(C)C)c1O. The summed E-state index contributed by atoms with van der Waals surface area (Å²) in [5.41, 5.74) is 2.47. The van der Waals surface area contributed by atoms with E-state index in [0.717, 1.165) is 23.0 Å². The molecule has 0 aliphatic rings. The van der Waals surface area contributed by atoms with E-state index in [2.05, 4.69) is 41.5 Å². The number of benzene rings is 1. The molecule has 0 saturated carbocycles. The Labute approximate surface area is 116 Å². The van der Waals surface area contributed by atoms with Crippen LogP contribution >= 0.6 is 0 Å². The van der Waals surface area contributed by atoms with Crippen molar-refractivity contribution in [3.05, 3.63) is 34.9 Å². The summed E-state index contributed by atoms with van der Waals surface area (Å²) < 4.78 is 0. The second-order valence-electron chi connectivity index (χ2n) is 6.96. The van der Waals surface area contributed by atoms with E-state index >= 15 is 0 Å². The Hall–Kier alpha value is -1.57. The van der Waals surface area contributed by atoms with Crippen LogP contribution in [0.5, 0.6) is 5.75 Å². The molecule has 0 aromatic heterocycles. The van der Waals surface area contributed by atoms with Crippen LogP contribution in [-0.2, 0) is 15.6 Å². The molecule has 1 rings (SSSR count). The van der Waals surface area contributed by atoms with Gasteiger partial charge >= 0.3 is 0 Å². The van der Waals surface area contributed by atoms with E-state index in [0.29, 0.717) is 5.75 Å². The van der Waals surface area contributed by atoms with Crippen LogP contribution in [0, 0.1) is 0 Å². The lowest BCUT2D eigenvalue weighted by Gasteiger charge is -2.27. The molecule has 0 spiro atoms. The molecular weight excluding hydrogens is 236 g/mol. The highest BCUT2D eigenvalue weighted by Gasteiger charge is 2.25. The molecule has 0 aliphatic carbocycles. The van der Waals surface area contributed by atoms with E-state index in [1.165, 1.54) is 6.08 Å². The van der Waals surface area contributed by atoms with Gasteiger partial charge in [0, 0.05) is 11.1 Å². The third kappa shape index (κ3) is 3.69. The number of aldehydes is 1. The molecule has 19 heavy (non-hydrogen) atoms. The molecule has 0 amide bonds. The van der Waals surface area contributed by atoms with E-state index in [1.54, 1.807) is 6.08 Å². The Kier molecular flexibility index (Phi) is 4.24. The second kappa shape index (κ2) is 5.20. The van der Waals surface area contributed by atoms with Gasteiger partial charge in [-0.15, -0.1) is 0 Å². The maximum Gasteiger partial charge on any atom is 0.142 e. The molecule has 0 heterocycles. The number of hydrogen-bond donors (Lipinski definition) is 1. The third-order valence-electron chi connectivity index (χ3n) is 3.12. The monoisotopic (exact) mass is 260 g/mol. The minimum atomic E-state index is -0.144. The molecule has 2 nitrogen and oxygen atoms in total. The zero-order valence-electron chi connectivity index (χ0n) is 12.7. The summed E-state index contributed by atoms with van der Waals surface area (Å²) >= 11 is 0. The van der Waals surface area contributed by atoms with Crippen LogP contribution in [-0.4, -0.2) is 11.4 Å². The number of allylic oxidation sites excluding steroid dienone is 1. The van der Waals surface area contributed by atoms with Crippen molar-refractivity contribution in [1.82, 2.24) is 0 Å². The van der Waals surface area contributed by atoms with Gasteiger partial charge in [0.2, 0.25) is 0 Å². The number of phenolic OH excluding ortho intramolecular Hbond substituents is 1. The lowest BCUT2D eigenvalue weighted by atomic mass is 9.78.